The van der Waals surface area contributed by atoms with E-state index in [0.29, 0.717) is 37.3 Å². The summed E-state index contributed by atoms with van der Waals surface area (Å²) >= 11 is 6.47. The van der Waals surface area contributed by atoms with Crippen LogP contribution in [0.25, 0.3) is 11.1 Å². The van der Waals surface area contributed by atoms with Crippen molar-refractivity contribution in [3.05, 3.63) is 81.9 Å². The lowest BCUT2D eigenvalue weighted by Crippen LogP contribution is -2.57. The zero-order valence-electron chi connectivity index (χ0n) is 19.0. The molecule has 0 aliphatic carbocycles. The van der Waals surface area contributed by atoms with Crippen molar-refractivity contribution in [2.45, 2.75) is 12.0 Å². The number of carboxylic acid groups (broad SMARTS) is 1. The molecule has 10 heteroatoms. The molecule has 2 heterocycles. The van der Waals surface area contributed by atoms with Crippen LogP contribution < -0.4 is 20.7 Å². The second-order valence-electron chi connectivity index (χ2n) is 8.79. The Hall–Kier alpha value is -3.69. The molecule has 0 spiro atoms. The minimum Gasteiger partial charge on any atom is -0.479 e. The van der Waals surface area contributed by atoms with Crippen LogP contribution in [0.3, 0.4) is 0 Å². The van der Waals surface area contributed by atoms with Crippen LogP contribution in [-0.4, -0.2) is 43.2 Å². The SMILES string of the molecule is NC(=O)c1ccc(OCC(=O)O)c(F)c1-c1c(Cl)c(F)cc2c1CC1(c3ccccc3)CNCCN21. The molecule has 1 atom stereocenters. The number of hydrogen-bond acceptors (Lipinski definition) is 5. The van der Waals surface area contributed by atoms with Crippen LogP contribution in [0.2, 0.25) is 5.02 Å². The standard InChI is InChI=1S/C26H22ClF2N3O4/c27-23-17(28)10-18-16(11-26(13-31-8-9-32(18)26)14-4-2-1-3-5-14)21(23)22-15(25(30)35)6-7-19(24(22)29)36-12-20(33)34/h1-7,10,31H,8-9,11-13H2,(H2,30,35)(H,33,34). The van der Waals surface area contributed by atoms with E-state index in [1.807, 2.05) is 30.3 Å². The summed E-state index contributed by atoms with van der Waals surface area (Å²) in [6, 6.07) is 13.4. The fourth-order valence-corrected chi connectivity index (χ4v) is 5.56. The molecule has 1 amide bonds. The molecule has 7 nitrogen and oxygen atoms in total. The molecule has 36 heavy (non-hydrogen) atoms. The summed E-state index contributed by atoms with van der Waals surface area (Å²) < 4.78 is 36.3. The van der Waals surface area contributed by atoms with Gasteiger partial charge >= 0.3 is 5.97 Å². The van der Waals surface area contributed by atoms with E-state index < -0.39 is 41.4 Å². The molecular weight excluding hydrogens is 492 g/mol. The van der Waals surface area contributed by atoms with Gasteiger partial charge < -0.3 is 25.8 Å². The summed E-state index contributed by atoms with van der Waals surface area (Å²) in [4.78, 5) is 25.4. The Labute approximate surface area is 210 Å². The fourth-order valence-electron chi connectivity index (χ4n) is 5.29. The van der Waals surface area contributed by atoms with Gasteiger partial charge in [-0.15, -0.1) is 0 Å². The molecule has 3 aromatic carbocycles. The highest BCUT2D eigenvalue weighted by molar-refractivity contribution is 6.34. The molecule has 0 saturated carbocycles. The second-order valence-corrected chi connectivity index (χ2v) is 9.17. The van der Waals surface area contributed by atoms with Crippen LogP contribution in [0.4, 0.5) is 14.5 Å². The van der Waals surface area contributed by atoms with E-state index in [1.165, 1.54) is 12.1 Å². The third-order valence-electron chi connectivity index (χ3n) is 6.79. The van der Waals surface area contributed by atoms with Crippen LogP contribution in [0, 0.1) is 11.6 Å². The van der Waals surface area contributed by atoms with Gasteiger partial charge in [-0.25, -0.2) is 13.6 Å². The van der Waals surface area contributed by atoms with E-state index >= 15 is 8.78 Å². The van der Waals surface area contributed by atoms with Gasteiger partial charge in [0.05, 0.1) is 16.1 Å². The Kier molecular flexibility index (Phi) is 6.05. The highest BCUT2D eigenvalue weighted by Crippen LogP contribution is 2.52. The first-order chi connectivity index (χ1) is 17.2. The molecule has 2 aliphatic rings. The van der Waals surface area contributed by atoms with Crippen molar-refractivity contribution < 1.29 is 28.2 Å². The smallest absolute Gasteiger partial charge is 0.341 e. The van der Waals surface area contributed by atoms with E-state index in [0.717, 1.165) is 11.6 Å². The summed E-state index contributed by atoms with van der Waals surface area (Å²) in [5, 5.41) is 12.0. The molecule has 0 aromatic heterocycles. The van der Waals surface area contributed by atoms with Crippen molar-refractivity contribution in [2.75, 3.05) is 31.1 Å². The number of carbonyl (C=O) groups is 2. The van der Waals surface area contributed by atoms with Gasteiger partial charge in [0, 0.05) is 42.9 Å². The molecule has 3 aromatic rings. The molecule has 186 valence electrons. The number of benzene rings is 3. The van der Waals surface area contributed by atoms with Crippen molar-refractivity contribution in [3.63, 3.8) is 0 Å². The van der Waals surface area contributed by atoms with Gasteiger partial charge in [0.1, 0.15) is 5.82 Å². The maximum Gasteiger partial charge on any atom is 0.341 e. The lowest BCUT2D eigenvalue weighted by Gasteiger charge is -2.45. The van der Waals surface area contributed by atoms with E-state index in [9.17, 15) is 9.59 Å². The largest absolute Gasteiger partial charge is 0.479 e. The number of carbonyl (C=O) groups excluding carboxylic acids is 1. The first-order valence-corrected chi connectivity index (χ1v) is 11.6. The quantitative estimate of drug-likeness (QED) is 0.464. The topological polar surface area (TPSA) is 105 Å². The summed E-state index contributed by atoms with van der Waals surface area (Å²) in [7, 11) is 0. The van der Waals surface area contributed by atoms with Crippen molar-refractivity contribution >= 4 is 29.2 Å². The van der Waals surface area contributed by atoms with Crippen molar-refractivity contribution in [1.82, 2.24) is 5.32 Å². The van der Waals surface area contributed by atoms with Gasteiger partial charge in [-0.1, -0.05) is 41.9 Å². The maximum atomic E-state index is 15.9. The normalized spacial score (nSPS) is 18.5. The van der Waals surface area contributed by atoms with Crippen LogP contribution in [0.5, 0.6) is 5.75 Å². The van der Waals surface area contributed by atoms with Gasteiger partial charge in [-0.05, 0) is 29.3 Å². The lowest BCUT2D eigenvalue weighted by molar-refractivity contribution is -0.139. The zero-order valence-corrected chi connectivity index (χ0v) is 19.7. The minimum atomic E-state index is -1.31. The average Bonchev–Trinajstić information content (AvgIpc) is 3.19. The number of piperazine rings is 1. The van der Waals surface area contributed by atoms with E-state index in [-0.39, 0.29) is 21.7 Å². The van der Waals surface area contributed by atoms with E-state index in [2.05, 4.69) is 10.2 Å². The molecule has 0 radical (unpaired) electrons. The van der Waals surface area contributed by atoms with Gasteiger partial charge in [0.15, 0.2) is 18.2 Å². The van der Waals surface area contributed by atoms with Gasteiger partial charge in [-0.3, -0.25) is 4.79 Å². The first-order valence-electron chi connectivity index (χ1n) is 11.3. The monoisotopic (exact) mass is 513 g/mol. The fraction of sp³-hybridized carbons (Fsp3) is 0.231. The Bertz CT molecular complexity index is 1390. The number of nitrogens with one attached hydrogen (secondary N) is 1. The van der Waals surface area contributed by atoms with Gasteiger partial charge in [0.2, 0.25) is 5.91 Å². The number of nitrogens with zero attached hydrogens (tertiary/aromatic N) is 1. The average molecular weight is 514 g/mol. The van der Waals surface area contributed by atoms with Crippen molar-refractivity contribution in [2.24, 2.45) is 5.73 Å². The number of anilines is 1. The second kappa shape index (κ2) is 9.07. The Balaban J connectivity index is 1.77. The summed E-state index contributed by atoms with van der Waals surface area (Å²) in [6.45, 7) is 0.970. The van der Waals surface area contributed by atoms with Gasteiger partial charge in [0.25, 0.3) is 0 Å². The Morgan fingerprint density at radius 3 is 2.61 bits per heavy atom. The maximum absolute atomic E-state index is 15.9. The first kappa shape index (κ1) is 24.0. The van der Waals surface area contributed by atoms with Crippen LogP contribution in [0.1, 0.15) is 21.5 Å². The number of carboxylic acids is 1. The number of hydrogen-bond donors (Lipinski definition) is 3. The molecule has 0 bridgehead atoms. The number of primary amides is 1. The Morgan fingerprint density at radius 2 is 1.92 bits per heavy atom. The highest BCUT2D eigenvalue weighted by atomic mass is 35.5. The number of amides is 1. The van der Waals surface area contributed by atoms with Crippen molar-refractivity contribution in [3.8, 4) is 16.9 Å². The Morgan fingerprint density at radius 1 is 1.17 bits per heavy atom. The molecule has 1 fully saturated rings. The number of fused-ring (bicyclic) bond motifs is 3. The molecule has 1 saturated heterocycles. The minimum absolute atomic E-state index is 0.00319. The van der Waals surface area contributed by atoms with Crippen molar-refractivity contribution in [1.29, 1.82) is 0 Å². The molecule has 4 N–H and O–H groups in total. The molecule has 2 aliphatic heterocycles. The molecule has 1 unspecified atom stereocenters. The third kappa shape index (κ3) is 3.75. The number of aliphatic carboxylic acids is 1. The zero-order chi connectivity index (χ0) is 25.6. The van der Waals surface area contributed by atoms with Crippen LogP contribution in [0.15, 0.2) is 48.5 Å². The molecular formula is C26H22ClF2N3O4. The predicted octanol–water partition coefficient (Wildman–Crippen LogP) is 3.71. The molecule has 5 rings (SSSR count). The van der Waals surface area contributed by atoms with Crippen LogP contribution in [-0.2, 0) is 16.8 Å². The lowest BCUT2D eigenvalue weighted by atomic mass is 9.83. The number of rotatable bonds is 6. The third-order valence-corrected chi connectivity index (χ3v) is 7.16. The number of ether oxygens (including phenoxy) is 1. The van der Waals surface area contributed by atoms with Crippen LogP contribution >= 0.6 is 11.6 Å². The number of nitrogens with two attached hydrogens (primary N) is 1. The summed E-state index contributed by atoms with van der Waals surface area (Å²) in [5.74, 6) is -4.49. The summed E-state index contributed by atoms with van der Waals surface area (Å²) in [5.41, 5.74) is 6.54. The van der Waals surface area contributed by atoms with E-state index in [4.69, 9.17) is 27.2 Å². The van der Waals surface area contributed by atoms with E-state index in [1.54, 1.807) is 0 Å². The van der Waals surface area contributed by atoms with Gasteiger partial charge in [-0.2, -0.15) is 0 Å². The summed E-state index contributed by atoms with van der Waals surface area (Å²) in [6.07, 6.45) is 0.354. The predicted molar refractivity (Wildman–Crippen MR) is 130 cm³/mol. The number of halogens is 3. The highest BCUT2D eigenvalue weighted by Gasteiger charge is 2.48.